The van der Waals surface area contributed by atoms with Crippen LogP contribution in [0.5, 0.6) is 0 Å². The summed E-state index contributed by atoms with van der Waals surface area (Å²) >= 11 is 1.84. The van der Waals surface area contributed by atoms with Crippen molar-refractivity contribution >= 4 is 11.3 Å². The van der Waals surface area contributed by atoms with Crippen molar-refractivity contribution in [2.75, 3.05) is 6.54 Å². The molecule has 1 aromatic rings. The van der Waals surface area contributed by atoms with E-state index >= 15 is 0 Å². The number of rotatable bonds is 1. The minimum Gasteiger partial charge on any atom is -0.309 e. The van der Waals surface area contributed by atoms with Gasteiger partial charge in [-0.25, -0.2) is 0 Å². The molecule has 0 amide bonds. The first-order valence-corrected chi connectivity index (χ1v) is 4.11. The Morgan fingerprint density at radius 3 is 3.00 bits per heavy atom. The maximum atomic E-state index is 3.36. The molecule has 1 unspecified atom stereocenters. The van der Waals surface area contributed by atoms with Gasteiger partial charge in [0.1, 0.15) is 0 Å². The van der Waals surface area contributed by atoms with Crippen molar-refractivity contribution in [2.24, 2.45) is 0 Å². The summed E-state index contributed by atoms with van der Waals surface area (Å²) in [6, 6.07) is 4.99. The third kappa shape index (κ3) is 0.884. The average Bonchev–Trinajstić information content (AvgIpc) is 2.11. The highest BCUT2D eigenvalue weighted by atomic mass is 32.1. The van der Waals surface area contributed by atoms with E-state index in [1.54, 1.807) is 0 Å². The van der Waals surface area contributed by atoms with Gasteiger partial charge in [-0.2, -0.15) is 0 Å². The topological polar surface area (TPSA) is 12.0 Å². The van der Waals surface area contributed by atoms with Crippen molar-refractivity contribution in [3.63, 3.8) is 0 Å². The first-order valence-electron chi connectivity index (χ1n) is 3.23. The zero-order chi connectivity index (χ0) is 6.10. The molecular weight excluding hydrogens is 130 g/mol. The van der Waals surface area contributed by atoms with Crippen molar-refractivity contribution in [1.82, 2.24) is 5.32 Å². The van der Waals surface area contributed by atoms with Gasteiger partial charge in [-0.3, -0.25) is 0 Å². The molecule has 0 aromatic carbocycles. The fourth-order valence-electron chi connectivity index (χ4n) is 1.02. The third-order valence-electron chi connectivity index (χ3n) is 1.71. The highest BCUT2D eigenvalue weighted by molar-refractivity contribution is 7.10. The van der Waals surface area contributed by atoms with Crippen LogP contribution in [0.2, 0.25) is 0 Å². The third-order valence-corrected chi connectivity index (χ3v) is 2.70. The van der Waals surface area contributed by atoms with Crippen LogP contribution in [-0.2, 0) is 0 Å². The lowest BCUT2D eigenvalue weighted by Gasteiger charge is -2.26. The van der Waals surface area contributed by atoms with Gasteiger partial charge in [0.2, 0.25) is 0 Å². The van der Waals surface area contributed by atoms with Crippen molar-refractivity contribution in [2.45, 2.75) is 12.5 Å². The molecule has 1 N–H and O–H groups in total. The molecule has 1 saturated heterocycles. The Morgan fingerprint density at radius 2 is 2.56 bits per heavy atom. The predicted molar refractivity (Wildman–Crippen MR) is 39.7 cm³/mol. The molecule has 2 rings (SSSR count). The zero-order valence-corrected chi connectivity index (χ0v) is 5.95. The molecule has 0 saturated carbocycles. The number of hydrogen-bond acceptors (Lipinski definition) is 2. The Labute approximate surface area is 58.7 Å². The van der Waals surface area contributed by atoms with Crippen LogP contribution < -0.4 is 5.32 Å². The van der Waals surface area contributed by atoms with Gasteiger partial charge in [0.15, 0.2) is 0 Å². The maximum absolute atomic E-state index is 3.36. The first-order chi connectivity index (χ1) is 4.47. The highest BCUT2D eigenvalue weighted by Crippen LogP contribution is 2.26. The molecule has 1 nitrogen and oxygen atoms in total. The summed E-state index contributed by atoms with van der Waals surface area (Å²) in [4.78, 5) is 1.49. The second kappa shape index (κ2) is 2.12. The Bertz CT molecular complexity index is 177. The van der Waals surface area contributed by atoms with Crippen LogP contribution in [0.15, 0.2) is 17.5 Å². The van der Waals surface area contributed by atoms with Crippen LogP contribution in [0.3, 0.4) is 0 Å². The summed E-state index contributed by atoms with van der Waals surface area (Å²) in [6.07, 6.45) is 1.32. The lowest BCUT2D eigenvalue weighted by atomic mass is 10.1. The molecule has 1 aliphatic heterocycles. The monoisotopic (exact) mass is 139 g/mol. The van der Waals surface area contributed by atoms with Gasteiger partial charge in [0.05, 0.1) is 0 Å². The lowest BCUT2D eigenvalue weighted by Crippen LogP contribution is -2.34. The Kier molecular flexibility index (Phi) is 1.28. The minimum atomic E-state index is 0.685. The van der Waals surface area contributed by atoms with Crippen molar-refractivity contribution in [3.8, 4) is 0 Å². The van der Waals surface area contributed by atoms with Crippen LogP contribution >= 0.6 is 11.3 Å². The van der Waals surface area contributed by atoms with Crippen LogP contribution in [0.25, 0.3) is 0 Å². The van der Waals surface area contributed by atoms with E-state index in [1.807, 2.05) is 11.3 Å². The van der Waals surface area contributed by atoms with E-state index in [9.17, 15) is 0 Å². The Hall–Kier alpha value is -0.340. The van der Waals surface area contributed by atoms with E-state index in [1.165, 1.54) is 17.8 Å². The van der Waals surface area contributed by atoms with Gasteiger partial charge < -0.3 is 5.32 Å². The molecule has 2 heteroatoms. The fraction of sp³-hybridized carbons (Fsp3) is 0.429. The second-order valence-corrected chi connectivity index (χ2v) is 3.29. The summed E-state index contributed by atoms with van der Waals surface area (Å²) in [5, 5.41) is 5.49. The summed E-state index contributed by atoms with van der Waals surface area (Å²) in [5.74, 6) is 0. The average molecular weight is 139 g/mol. The normalized spacial score (nSPS) is 25.6. The quantitative estimate of drug-likeness (QED) is 0.625. The van der Waals surface area contributed by atoms with Crippen molar-refractivity contribution < 1.29 is 0 Å². The molecule has 1 atom stereocenters. The fourth-order valence-corrected chi connectivity index (χ4v) is 1.86. The maximum Gasteiger partial charge on any atom is 0.0426 e. The smallest absolute Gasteiger partial charge is 0.0426 e. The molecule has 1 aliphatic rings. The number of hydrogen-bond donors (Lipinski definition) is 1. The van der Waals surface area contributed by atoms with Gasteiger partial charge in [-0.15, -0.1) is 11.3 Å². The van der Waals surface area contributed by atoms with Gasteiger partial charge in [-0.1, -0.05) is 6.07 Å². The van der Waals surface area contributed by atoms with E-state index in [2.05, 4.69) is 22.8 Å². The van der Waals surface area contributed by atoms with E-state index in [4.69, 9.17) is 0 Å². The highest BCUT2D eigenvalue weighted by Gasteiger charge is 2.18. The minimum absolute atomic E-state index is 0.685. The second-order valence-electron chi connectivity index (χ2n) is 2.31. The van der Waals surface area contributed by atoms with Gasteiger partial charge in [0.25, 0.3) is 0 Å². The molecule has 0 aliphatic carbocycles. The van der Waals surface area contributed by atoms with E-state index in [0.29, 0.717) is 6.04 Å². The van der Waals surface area contributed by atoms with E-state index < -0.39 is 0 Å². The molecular formula is C7H9NS. The molecule has 1 aromatic heterocycles. The Morgan fingerprint density at radius 1 is 1.67 bits per heavy atom. The van der Waals surface area contributed by atoms with Crippen LogP contribution in [0, 0.1) is 0 Å². The number of nitrogens with one attached hydrogen (secondary N) is 1. The predicted octanol–water partition coefficient (Wildman–Crippen LogP) is 1.78. The van der Waals surface area contributed by atoms with Gasteiger partial charge in [0, 0.05) is 10.9 Å². The van der Waals surface area contributed by atoms with E-state index in [-0.39, 0.29) is 0 Å². The largest absolute Gasteiger partial charge is 0.309 e. The summed E-state index contributed by atoms with van der Waals surface area (Å²) < 4.78 is 0. The Balaban J connectivity index is 2.14. The summed E-state index contributed by atoms with van der Waals surface area (Å²) in [7, 11) is 0. The first kappa shape index (κ1) is 5.45. The molecule has 1 fully saturated rings. The molecule has 9 heavy (non-hydrogen) atoms. The van der Waals surface area contributed by atoms with Crippen molar-refractivity contribution in [3.05, 3.63) is 22.4 Å². The van der Waals surface area contributed by atoms with Gasteiger partial charge >= 0.3 is 0 Å². The lowest BCUT2D eigenvalue weighted by molar-refractivity contribution is 0.389. The molecule has 0 radical (unpaired) electrons. The zero-order valence-electron chi connectivity index (χ0n) is 5.13. The van der Waals surface area contributed by atoms with Crippen LogP contribution in [0.4, 0.5) is 0 Å². The SMILES string of the molecule is c1csc(C2CCN2)c1. The summed E-state index contributed by atoms with van der Waals surface area (Å²) in [5.41, 5.74) is 0. The van der Waals surface area contributed by atoms with Crippen molar-refractivity contribution in [1.29, 1.82) is 0 Å². The molecule has 0 spiro atoms. The standard InChI is InChI=1S/C7H9NS/c1-2-7(9-5-1)6-3-4-8-6/h1-2,5-6,8H,3-4H2. The molecule has 48 valence electrons. The summed E-state index contributed by atoms with van der Waals surface area (Å²) in [6.45, 7) is 1.20. The molecule has 2 heterocycles. The van der Waals surface area contributed by atoms with Crippen LogP contribution in [-0.4, -0.2) is 6.54 Å². The molecule has 0 bridgehead atoms. The van der Waals surface area contributed by atoms with Gasteiger partial charge in [-0.05, 0) is 24.4 Å². The number of thiophene rings is 1. The van der Waals surface area contributed by atoms with Crippen LogP contribution in [0.1, 0.15) is 17.3 Å². The van der Waals surface area contributed by atoms with E-state index in [0.717, 1.165) is 0 Å².